The van der Waals surface area contributed by atoms with E-state index in [4.69, 9.17) is 0 Å². The van der Waals surface area contributed by atoms with Crippen molar-refractivity contribution in [3.05, 3.63) is 0 Å². The highest BCUT2D eigenvalue weighted by atomic mass is 127. The van der Waals surface area contributed by atoms with Crippen molar-refractivity contribution in [1.82, 2.24) is 16.0 Å². The third kappa shape index (κ3) is 7.91. The molecule has 3 N–H and O–H groups in total. The summed E-state index contributed by atoms with van der Waals surface area (Å²) in [4.78, 5) is 15.6. The summed E-state index contributed by atoms with van der Waals surface area (Å²) >= 11 is 0. The van der Waals surface area contributed by atoms with Crippen molar-refractivity contribution >= 4 is 35.8 Å². The maximum absolute atomic E-state index is 11.4. The molecule has 0 atom stereocenters. The lowest BCUT2D eigenvalue weighted by molar-refractivity contribution is -0.122. The Labute approximate surface area is 139 Å². The molecule has 1 saturated carbocycles. The van der Waals surface area contributed by atoms with Crippen LogP contribution in [0.3, 0.4) is 0 Å². The Hall–Kier alpha value is -0.530. The van der Waals surface area contributed by atoms with Gasteiger partial charge in [0.1, 0.15) is 0 Å². The molecule has 0 spiro atoms. The first-order chi connectivity index (χ1) is 9.21. The molecule has 1 aliphatic carbocycles. The van der Waals surface area contributed by atoms with Gasteiger partial charge in [0.05, 0.1) is 0 Å². The first-order valence-corrected chi connectivity index (χ1v) is 7.43. The van der Waals surface area contributed by atoms with Gasteiger partial charge in [-0.15, -0.1) is 24.0 Å². The highest BCUT2D eigenvalue weighted by molar-refractivity contribution is 14.0. The van der Waals surface area contributed by atoms with Gasteiger partial charge < -0.3 is 16.0 Å². The molecule has 0 heterocycles. The first-order valence-electron chi connectivity index (χ1n) is 7.43. The summed E-state index contributed by atoms with van der Waals surface area (Å²) in [6, 6.07) is 0. The van der Waals surface area contributed by atoms with Gasteiger partial charge in [-0.05, 0) is 18.8 Å². The van der Waals surface area contributed by atoms with Gasteiger partial charge in [0, 0.05) is 32.6 Å². The molecule has 0 aromatic rings. The van der Waals surface area contributed by atoms with E-state index in [1.807, 2.05) is 0 Å². The number of amides is 1. The molecule has 0 saturated heterocycles. The zero-order valence-corrected chi connectivity index (χ0v) is 15.2. The second kappa shape index (κ2) is 11.2. The minimum absolute atomic E-state index is 0. The Bertz CT molecular complexity index is 302. The van der Waals surface area contributed by atoms with Gasteiger partial charge in [-0.1, -0.05) is 26.7 Å². The van der Waals surface area contributed by atoms with Crippen LogP contribution >= 0.6 is 24.0 Å². The van der Waals surface area contributed by atoms with E-state index in [1.54, 1.807) is 7.05 Å². The van der Waals surface area contributed by atoms with E-state index in [-0.39, 0.29) is 35.8 Å². The molecule has 20 heavy (non-hydrogen) atoms. The van der Waals surface area contributed by atoms with E-state index in [1.165, 1.54) is 12.8 Å². The zero-order chi connectivity index (χ0) is 14.1. The summed E-state index contributed by atoms with van der Waals surface area (Å²) in [5, 5.41) is 9.46. The highest BCUT2D eigenvalue weighted by Gasteiger charge is 2.28. The average Bonchev–Trinajstić information content (AvgIpc) is 3.26. The standard InChI is InChI=1S/C14H28N4O.HI/c1-4-11(5-2)10-18-14(15-3)17-9-8-16-13(19)12-6-7-12;/h11-12H,4-10H2,1-3H3,(H,16,19)(H2,15,17,18);1H. The second-order valence-corrected chi connectivity index (χ2v) is 5.13. The molecular formula is C14H29IN4O. The number of aliphatic imine (C=N–C) groups is 1. The van der Waals surface area contributed by atoms with Crippen LogP contribution in [0.5, 0.6) is 0 Å². The molecule has 0 unspecified atom stereocenters. The first kappa shape index (κ1) is 19.5. The van der Waals surface area contributed by atoms with Crippen molar-refractivity contribution in [3.63, 3.8) is 0 Å². The van der Waals surface area contributed by atoms with Crippen LogP contribution in [-0.2, 0) is 4.79 Å². The van der Waals surface area contributed by atoms with E-state index in [2.05, 4.69) is 34.8 Å². The zero-order valence-electron chi connectivity index (χ0n) is 12.9. The Morgan fingerprint density at radius 2 is 1.75 bits per heavy atom. The number of carbonyl (C=O) groups excluding carboxylic acids is 1. The molecule has 6 heteroatoms. The van der Waals surface area contributed by atoms with Crippen molar-refractivity contribution in [1.29, 1.82) is 0 Å². The molecule has 0 bridgehead atoms. The smallest absolute Gasteiger partial charge is 0.223 e. The van der Waals surface area contributed by atoms with Crippen LogP contribution in [0.2, 0.25) is 0 Å². The van der Waals surface area contributed by atoms with Gasteiger partial charge in [-0.2, -0.15) is 0 Å². The molecule has 118 valence electrons. The number of nitrogens with zero attached hydrogens (tertiary/aromatic N) is 1. The summed E-state index contributed by atoms with van der Waals surface area (Å²) in [5.74, 6) is 1.98. The molecule has 1 aliphatic rings. The van der Waals surface area contributed by atoms with Gasteiger partial charge in [-0.25, -0.2) is 0 Å². The molecule has 5 nitrogen and oxygen atoms in total. The molecule has 0 aromatic heterocycles. The van der Waals surface area contributed by atoms with E-state index >= 15 is 0 Å². The third-order valence-corrected chi connectivity index (χ3v) is 3.60. The molecule has 0 radical (unpaired) electrons. The van der Waals surface area contributed by atoms with Crippen LogP contribution in [0, 0.1) is 11.8 Å². The minimum atomic E-state index is 0. The fourth-order valence-corrected chi connectivity index (χ4v) is 1.90. The third-order valence-electron chi connectivity index (χ3n) is 3.60. The number of halogens is 1. The largest absolute Gasteiger partial charge is 0.356 e. The predicted octanol–water partition coefficient (Wildman–Crippen LogP) is 1.73. The van der Waals surface area contributed by atoms with Crippen molar-refractivity contribution in [3.8, 4) is 0 Å². The van der Waals surface area contributed by atoms with Gasteiger partial charge in [-0.3, -0.25) is 9.79 Å². The molecule has 1 fully saturated rings. The number of rotatable bonds is 8. The monoisotopic (exact) mass is 396 g/mol. The fourth-order valence-electron chi connectivity index (χ4n) is 1.90. The van der Waals surface area contributed by atoms with Crippen molar-refractivity contribution in [2.24, 2.45) is 16.8 Å². The van der Waals surface area contributed by atoms with Gasteiger partial charge >= 0.3 is 0 Å². The molecule has 0 aliphatic heterocycles. The average molecular weight is 396 g/mol. The lowest BCUT2D eigenvalue weighted by Gasteiger charge is -2.16. The van der Waals surface area contributed by atoms with E-state index in [9.17, 15) is 4.79 Å². The van der Waals surface area contributed by atoms with Crippen molar-refractivity contribution in [2.45, 2.75) is 39.5 Å². The fraction of sp³-hybridized carbons (Fsp3) is 0.857. The summed E-state index contributed by atoms with van der Waals surface area (Å²) in [6.45, 7) is 6.72. The van der Waals surface area contributed by atoms with Crippen molar-refractivity contribution < 1.29 is 4.79 Å². The van der Waals surface area contributed by atoms with Crippen LogP contribution in [0.15, 0.2) is 4.99 Å². The SMILES string of the molecule is CCC(CC)CNC(=NC)NCCNC(=O)C1CC1.I. The Morgan fingerprint density at radius 3 is 2.25 bits per heavy atom. The van der Waals surface area contributed by atoms with Gasteiger partial charge in [0.15, 0.2) is 5.96 Å². The topological polar surface area (TPSA) is 65.5 Å². The molecular weight excluding hydrogens is 367 g/mol. The lowest BCUT2D eigenvalue weighted by Crippen LogP contribution is -2.43. The Morgan fingerprint density at radius 1 is 1.15 bits per heavy atom. The summed E-state index contributed by atoms with van der Waals surface area (Å²) < 4.78 is 0. The summed E-state index contributed by atoms with van der Waals surface area (Å²) in [6.07, 6.45) is 4.46. The van der Waals surface area contributed by atoms with Crippen LogP contribution in [0.4, 0.5) is 0 Å². The maximum atomic E-state index is 11.4. The highest BCUT2D eigenvalue weighted by Crippen LogP contribution is 2.28. The normalized spacial score (nSPS) is 14.7. The summed E-state index contributed by atoms with van der Waals surface area (Å²) in [7, 11) is 1.77. The van der Waals surface area contributed by atoms with Crippen LogP contribution in [-0.4, -0.2) is 38.5 Å². The van der Waals surface area contributed by atoms with Crippen LogP contribution in [0.25, 0.3) is 0 Å². The minimum Gasteiger partial charge on any atom is -0.356 e. The molecule has 1 amide bonds. The number of hydrogen-bond donors (Lipinski definition) is 3. The Balaban J connectivity index is 0.00000361. The molecule has 0 aromatic carbocycles. The number of carbonyl (C=O) groups is 1. The summed E-state index contributed by atoms with van der Waals surface area (Å²) in [5.41, 5.74) is 0. The lowest BCUT2D eigenvalue weighted by atomic mass is 10.0. The van der Waals surface area contributed by atoms with Crippen LogP contribution in [0.1, 0.15) is 39.5 Å². The van der Waals surface area contributed by atoms with Gasteiger partial charge in [0.2, 0.25) is 5.91 Å². The number of hydrogen-bond acceptors (Lipinski definition) is 2. The number of guanidine groups is 1. The number of nitrogens with one attached hydrogen (secondary N) is 3. The van der Waals surface area contributed by atoms with E-state index in [0.717, 1.165) is 25.3 Å². The van der Waals surface area contributed by atoms with E-state index < -0.39 is 0 Å². The maximum Gasteiger partial charge on any atom is 0.223 e. The predicted molar refractivity (Wildman–Crippen MR) is 94.6 cm³/mol. The second-order valence-electron chi connectivity index (χ2n) is 5.13. The van der Waals surface area contributed by atoms with Gasteiger partial charge in [0.25, 0.3) is 0 Å². The van der Waals surface area contributed by atoms with Crippen LogP contribution < -0.4 is 16.0 Å². The van der Waals surface area contributed by atoms with Crippen molar-refractivity contribution in [2.75, 3.05) is 26.7 Å². The molecule has 1 rings (SSSR count). The Kier molecular flexibility index (Phi) is 10.9. The van der Waals surface area contributed by atoms with E-state index in [0.29, 0.717) is 19.0 Å². The quantitative estimate of drug-likeness (QED) is 0.253.